The first kappa shape index (κ1) is 18.3. The van der Waals surface area contributed by atoms with Crippen molar-refractivity contribution in [3.8, 4) is 17.2 Å². The highest BCUT2D eigenvalue weighted by atomic mass is 16.5. The molecular weight excluding hydrogens is 322 g/mol. The number of ether oxygens (including phenoxy) is 2. The smallest absolute Gasteiger partial charge is 0.290 e. The predicted molar refractivity (Wildman–Crippen MR) is 93.1 cm³/mol. The van der Waals surface area contributed by atoms with E-state index in [1.165, 1.54) is 12.8 Å². The number of hydrogen-bond acceptors (Lipinski definition) is 4. The number of primary amides is 1. The van der Waals surface area contributed by atoms with E-state index in [9.17, 15) is 4.79 Å². The van der Waals surface area contributed by atoms with Crippen molar-refractivity contribution in [3.63, 3.8) is 0 Å². The van der Waals surface area contributed by atoms with Crippen LogP contribution < -0.4 is 15.2 Å². The molecule has 0 radical (unpaired) electrons. The van der Waals surface area contributed by atoms with Gasteiger partial charge >= 0.3 is 0 Å². The summed E-state index contributed by atoms with van der Waals surface area (Å²) in [6.07, 6.45) is 5.06. The normalized spacial score (nSPS) is 13.4. The second-order valence-electron chi connectivity index (χ2n) is 5.60. The fourth-order valence-electron chi connectivity index (χ4n) is 2.63. The molecule has 1 amide bonds. The van der Waals surface area contributed by atoms with Gasteiger partial charge in [-0.1, -0.05) is 6.07 Å². The highest BCUT2D eigenvalue weighted by Gasteiger charge is 2.16. The second-order valence-corrected chi connectivity index (χ2v) is 5.60. The first-order valence-electron chi connectivity index (χ1n) is 8.04. The maximum atomic E-state index is 11.0. The molecule has 3 N–H and O–H groups in total. The van der Waals surface area contributed by atoms with Gasteiger partial charge in [-0.25, -0.2) is 0 Å². The van der Waals surface area contributed by atoms with Gasteiger partial charge in [-0.15, -0.1) is 0 Å². The number of carbonyl (C=O) groups excluding carboxylic acids is 1. The first-order chi connectivity index (χ1) is 12.1. The summed E-state index contributed by atoms with van der Waals surface area (Å²) in [5.41, 5.74) is 5.68. The van der Waals surface area contributed by atoms with Gasteiger partial charge in [0.25, 0.3) is 6.47 Å². The van der Waals surface area contributed by atoms with Crippen molar-refractivity contribution in [1.82, 2.24) is 0 Å². The third-order valence-electron chi connectivity index (χ3n) is 3.78. The maximum Gasteiger partial charge on any atom is 0.290 e. The third-order valence-corrected chi connectivity index (χ3v) is 3.78. The zero-order valence-corrected chi connectivity index (χ0v) is 13.8. The summed E-state index contributed by atoms with van der Waals surface area (Å²) < 4.78 is 11.7. The van der Waals surface area contributed by atoms with E-state index >= 15 is 0 Å². The van der Waals surface area contributed by atoms with Crippen LogP contribution in [0.5, 0.6) is 17.2 Å². The predicted octanol–water partition coefficient (Wildman–Crippen LogP) is 3.60. The van der Waals surface area contributed by atoms with Crippen LogP contribution in [-0.2, 0) is 4.79 Å². The molecule has 0 aliphatic heterocycles. The van der Waals surface area contributed by atoms with E-state index in [0.29, 0.717) is 23.2 Å². The fraction of sp³-hybridized carbons (Fsp3) is 0.263. The summed E-state index contributed by atoms with van der Waals surface area (Å²) in [6.45, 7) is -0.250. The van der Waals surface area contributed by atoms with E-state index in [1.807, 2.05) is 24.3 Å². The summed E-state index contributed by atoms with van der Waals surface area (Å²) in [4.78, 5) is 19.4. The SMILES string of the molecule is NC(=O)c1ccc(Oc2cccc(OC3CCCC3)c2)cc1.O=CO. The Morgan fingerprint density at radius 2 is 1.64 bits per heavy atom. The van der Waals surface area contributed by atoms with E-state index in [2.05, 4.69) is 0 Å². The molecule has 6 nitrogen and oxygen atoms in total. The van der Waals surface area contributed by atoms with E-state index < -0.39 is 5.91 Å². The number of carbonyl (C=O) groups is 2. The number of rotatable bonds is 5. The average Bonchev–Trinajstić information content (AvgIpc) is 3.09. The highest BCUT2D eigenvalue weighted by Crippen LogP contribution is 2.28. The Labute approximate surface area is 146 Å². The van der Waals surface area contributed by atoms with Gasteiger partial charge in [0.1, 0.15) is 17.2 Å². The monoisotopic (exact) mass is 343 g/mol. The minimum atomic E-state index is -0.446. The number of amides is 1. The minimum absolute atomic E-state index is 0.250. The van der Waals surface area contributed by atoms with Crippen molar-refractivity contribution in [3.05, 3.63) is 54.1 Å². The largest absolute Gasteiger partial charge is 0.490 e. The Bertz CT molecular complexity index is 693. The Kier molecular flexibility index (Phi) is 6.83. The molecule has 0 heterocycles. The van der Waals surface area contributed by atoms with Crippen LogP contribution in [0.15, 0.2) is 48.5 Å². The molecule has 0 aromatic heterocycles. The lowest BCUT2D eigenvalue weighted by Crippen LogP contribution is -2.10. The van der Waals surface area contributed by atoms with Crippen LogP contribution in [0.2, 0.25) is 0 Å². The minimum Gasteiger partial charge on any atom is -0.490 e. The lowest BCUT2D eigenvalue weighted by molar-refractivity contribution is -0.122. The molecule has 0 unspecified atom stereocenters. The molecule has 132 valence electrons. The number of nitrogens with two attached hydrogens (primary N) is 1. The van der Waals surface area contributed by atoms with Crippen LogP contribution in [-0.4, -0.2) is 23.6 Å². The molecule has 3 rings (SSSR count). The topological polar surface area (TPSA) is 98.9 Å². The van der Waals surface area contributed by atoms with Gasteiger partial charge in [0.2, 0.25) is 5.91 Å². The summed E-state index contributed by atoms with van der Waals surface area (Å²) in [5.74, 6) is 1.75. The van der Waals surface area contributed by atoms with Crippen molar-refractivity contribution in [2.75, 3.05) is 0 Å². The highest BCUT2D eigenvalue weighted by molar-refractivity contribution is 5.92. The Morgan fingerprint density at radius 3 is 2.24 bits per heavy atom. The Balaban J connectivity index is 0.000000701. The van der Waals surface area contributed by atoms with Gasteiger partial charge < -0.3 is 20.3 Å². The molecule has 0 bridgehead atoms. The van der Waals surface area contributed by atoms with E-state index in [-0.39, 0.29) is 6.47 Å². The van der Waals surface area contributed by atoms with Crippen LogP contribution >= 0.6 is 0 Å². The van der Waals surface area contributed by atoms with Crippen LogP contribution in [0, 0.1) is 0 Å². The summed E-state index contributed by atoms with van der Waals surface area (Å²) in [6, 6.07) is 14.4. The van der Waals surface area contributed by atoms with Crippen molar-refractivity contribution >= 4 is 12.4 Å². The number of carboxylic acid groups (broad SMARTS) is 1. The molecule has 0 spiro atoms. The van der Waals surface area contributed by atoms with Crippen molar-refractivity contribution in [2.45, 2.75) is 31.8 Å². The third kappa shape index (κ3) is 5.84. The van der Waals surface area contributed by atoms with Crippen LogP contribution in [0.3, 0.4) is 0 Å². The Morgan fingerprint density at radius 1 is 1.04 bits per heavy atom. The van der Waals surface area contributed by atoms with Crippen LogP contribution in [0.25, 0.3) is 0 Å². The maximum absolute atomic E-state index is 11.0. The van der Waals surface area contributed by atoms with E-state index in [4.69, 9.17) is 25.1 Å². The molecule has 1 aliphatic rings. The summed E-state index contributed by atoms with van der Waals surface area (Å²) >= 11 is 0. The molecule has 2 aromatic rings. The van der Waals surface area contributed by atoms with Gasteiger partial charge in [-0.3, -0.25) is 9.59 Å². The van der Waals surface area contributed by atoms with Crippen molar-refractivity contribution in [2.24, 2.45) is 5.73 Å². The fourth-order valence-corrected chi connectivity index (χ4v) is 2.63. The van der Waals surface area contributed by atoms with Crippen molar-refractivity contribution < 1.29 is 24.2 Å². The zero-order chi connectivity index (χ0) is 18.1. The standard InChI is InChI=1S/C18H19NO3.CH2O2/c19-18(20)13-8-10-15(11-9-13)22-17-7-3-6-16(12-17)21-14-4-1-2-5-14;2-1-3/h3,6-12,14H,1-2,4-5H2,(H2,19,20);1H,(H,2,3). The zero-order valence-electron chi connectivity index (χ0n) is 13.8. The molecule has 0 saturated heterocycles. The lowest BCUT2D eigenvalue weighted by atomic mass is 10.2. The Hall–Kier alpha value is -3.02. The molecule has 25 heavy (non-hydrogen) atoms. The van der Waals surface area contributed by atoms with Gasteiger partial charge in [-0.05, 0) is 62.1 Å². The van der Waals surface area contributed by atoms with Gasteiger partial charge in [0, 0.05) is 11.6 Å². The molecule has 1 saturated carbocycles. The average molecular weight is 343 g/mol. The first-order valence-corrected chi connectivity index (χ1v) is 8.04. The molecule has 0 atom stereocenters. The molecule has 1 aliphatic carbocycles. The lowest BCUT2D eigenvalue weighted by Gasteiger charge is -2.14. The molecule has 1 fully saturated rings. The van der Waals surface area contributed by atoms with Crippen molar-refractivity contribution in [1.29, 1.82) is 0 Å². The van der Waals surface area contributed by atoms with Crippen LogP contribution in [0.1, 0.15) is 36.0 Å². The van der Waals surface area contributed by atoms with Crippen LogP contribution in [0.4, 0.5) is 0 Å². The molecule has 6 heteroatoms. The van der Waals surface area contributed by atoms with Gasteiger partial charge in [-0.2, -0.15) is 0 Å². The van der Waals surface area contributed by atoms with Gasteiger partial charge in [0.15, 0.2) is 0 Å². The molecular formula is C19H21NO5. The molecule has 2 aromatic carbocycles. The summed E-state index contributed by atoms with van der Waals surface area (Å²) in [7, 11) is 0. The van der Waals surface area contributed by atoms with Gasteiger partial charge in [0.05, 0.1) is 6.10 Å². The quantitative estimate of drug-likeness (QED) is 0.808. The summed E-state index contributed by atoms with van der Waals surface area (Å²) in [5, 5.41) is 6.89. The number of benzene rings is 2. The second kappa shape index (κ2) is 9.32. The number of hydrogen-bond donors (Lipinski definition) is 2. The van der Waals surface area contributed by atoms with E-state index in [1.54, 1.807) is 24.3 Å². The van der Waals surface area contributed by atoms with E-state index in [0.717, 1.165) is 18.6 Å².